The van der Waals surface area contributed by atoms with Crippen LogP contribution in [-0.4, -0.2) is 19.5 Å². The second kappa shape index (κ2) is 11.4. The van der Waals surface area contributed by atoms with Gasteiger partial charge < -0.3 is 4.42 Å². The van der Waals surface area contributed by atoms with Crippen molar-refractivity contribution >= 4 is 43.7 Å². The lowest BCUT2D eigenvalue weighted by molar-refractivity contribution is 0.669. The van der Waals surface area contributed by atoms with Crippen molar-refractivity contribution in [3.63, 3.8) is 0 Å². The Morgan fingerprint density at radius 2 is 0.840 bits per heavy atom. The van der Waals surface area contributed by atoms with Crippen LogP contribution in [0.2, 0.25) is 0 Å². The molecule has 7 aromatic carbocycles. The molecule has 0 N–H and O–H groups in total. The molecule has 50 heavy (non-hydrogen) atoms. The first-order valence-corrected chi connectivity index (χ1v) is 16.7. The minimum atomic E-state index is 0.587. The average Bonchev–Trinajstić information content (AvgIpc) is 3.74. The number of para-hydroxylation sites is 3. The third-order valence-corrected chi connectivity index (χ3v) is 9.49. The zero-order chi connectivity index (χ0) is 33.0. The van der Waals surface area contributed by atoms with E-state index in [0.29, 0.717) is 17.6 Å². The van der Waals surface area contributed by atoms with Gasteiger partial charge in [0.05, 0.1) is 11.0 Å². The number of nitrogens with zero attached hydrogens (tertiary/aromatic N) is 4. The second-order valence-corrected chi connectivity index (χ2v) is 12.5. The molecule has 10 rings (SSSR count). The summed E-state index contributed by atoms with van der Waals surface area (Å²) in [7, 11) is 0. The van der Waals surface area contributed by atoms with Gasteiger partial charge in [-0.15, -0.1) is 0 Å². The van der Waals surface area contributed by atoms with E-state index in [-0.39, 0.29) is 0 Å². The van der Waals surface area contributed by atoms with Gasteiger partial charge in [0.25, 0.3) is 0 Å². The number of fused-ring (bicyclic) bond motifs is 6. The Morgan fingerprint density at radius 3 is 1.56 bits per heavy atom. The molecule has 0 bridgehead atoms. The highest BCUT2D eigenvalue weighted by molar-refractivity contribution is 6.09. The molecule has 5 heteroatoms. The predicted octanol–water partition coefficient (Wildman–Crippen LogP) is 11.5. The summed E-state index contributed by atoms with van der Waals surface area (Å²) in [6, 6.07) is 58.7. The van der Waals surface area contributed by atoms with E-state index in [9.17, 15) is 0 Å². The summed E-state index contributed by atoms with van der Waals surface area (Å²) in [4.78, 5) is 15.1. The quantitative estimate of drug-likeness (QED) is 0.188. The first kappa shape index (κ1) is 28.2. The standard InChI is InChI=1S/C45H28N4O/c1-2-11-30(12-3-1)43-46-44(48-45(47-43)49-39-18-7-4-15-35(39)36-16-5-8-19-40(36)49)31-23-21-29(22-24-31)32-13-10-14-33(27-32)34-25-26-38-37-17-6-9-20-41(37)50-42(38)28-34/h1-28H. The molecule has 0 aliphatic rings. The van der Waals surface area contributed by atoms with Gasteiger partial charge in [0.1, 0.15) is 11.2 Å². The summed E-state index contributed by atoms with van der Waals surface area (Å²) in [5, 5.41) is 4.59. The van der Waals surface area contributed by atoms with Gasteiger partial charge in [-0.3, -0.25) is 4.57 Å². The van der Waals surface area contributed by atoms with Crippen LogP contribution in [0.25, 0.3) is 94.7 Å². The molecule has 0 radical (unpaired) electrons. The van der Waals surface area contributed by atoms with Crippen LogP contribution in [0.5, 0.6) is 0 Å². The second-order valence-electron chi connectivity index (χ2n) is 12.5. The molecule has 0 fully saturated rings. The zero-order valence-electron chi connectivity index (χ0n) is 26.9. The number of hydrogen-bond donors (Lipinski definition) is 0. The number of rotatable bonds is 5. The molecule has 0 aliphatic carbocycles. The molecule has 0 atom stereocenters. The third kappa shape index (κ3) is 4.67. The fourth-order valence-corrected chi connectivity index (χ4v) is 7.04. The molecule has 0 spiro atoms. The minimum absolute atomic E-state index is 0.587. The van der Waals surface area contributed by atoms with Gasteiger partial charge in [0.15, 0.2) is 11.6 Å². The van der Waals surface area contributed by atoms with Crippen molar-refractivity contribution in [3.05, 3.63) is 170 Å². The molecule has 0 saturated carbocycles. The van der Waals surface area contributed by atoms with Crippen molar-refractivity contribution in [3.8, 4) is 51.0 Å². The van der Waals surface area contributed by atoms with Gasteiger partial charge >= 0.3 is 0 Å². The maximum absolute atomic E-state index is 6.18. The van der Waals surface area contributed by atoms with Crippen molar-refractivity contribution in [1.29, 1.82) is 0 Å². The molecular weight excluding hydrogens is 613 g/mol. The number of aromatic nitrogens is 4. The monoisotopic (exact) mass is 640 g/mol. The Morgan fingerprint density at radius 1 is 0.340 bits per heavy atom. The fraction of sp³-hybridized carbons (Fsp3) is 0. The van der Waals surface area contributed by atoms with Crippen molar-refractivity contribution in [2.24, 2.45) is 0 Å². The Labute approximate surface area is 287 Å². The molecule has 3 aromatic heterocycles. The molecule has 3 heterocycles. The number of furan rings is 1. The SMILES string of the molecule is c1ccc(-c2nc(-c3ccc(-c4cccc(-c5ccc6c(c5)oc5ccccc56)c4)cc3)nc(-n3c4ccccc4c4ccccc43)n2)cc1. The maximum Gasteiger partial charge on any atom is 0.238 e. The highest BCUT2D eigenvalue weighted by Crippen LogP contribution is 2.35. The van der Waals surface area contributed by atoms with E-state index in [0.717, 1.165) is 77.1 Å². The molecule has 0 aliphatic heterocycles. The average molecular weight is 641 g/mol. The normalized spacial score (nSPS) is 11.6. The minimum Gasteiger partial charge on any atom is -0.456 e. The maximum atomic E-state index is 6.18. The van der Waals surface area contributed by atoms with Crippen LogP contribution in [0.3, 0.4) is 0 Å². The van der Waals surface area contributed by atoms with E-state index >= 15 is 0 Å². The van der Waals surface area contributed by atoms with Gasteiger partial charge in [-0.25, -0.2) is 4.98 Å². The molecule has 234 valence electrons. The first-order valence-electron chi connectivity index (χ1n) is 16.7. The lowest BCUT2D eigenvalue weighted by Crippen LogP contribution is -2.06. The fourth-order valence-electron chi connectivity index (χ4n) is 7.04. The van der Waals surface area contributed by atoms with Gasteiger partial charge in [-0.1, -0.05) is 133 Å². The predicted molar refractivity (Wildman–Crippen MR) is 203 cm³/mol. The Balaban J connectivity index is 1.05. The highest BCUT2D eigenvalue weighted by atomic mass is 16.3. The number of benzene rings is 7. The molecule has 0 amide bonds. The Bertz CT molecular complexity index is 2810. The van der Waals surface area contributed by atoms with Crippen LogP contribution in [0, 0.1) is 0 Å². The molecule has 0 saturated heterocycles. The summed E-state index contributed by atoms with van der Waals surface area (Å²) >= 11 is 0. The smallest absolute Gasteiger partial charge is 0.238 e. The van der Waals surface area contributed by atoms with Crippen molar-refractivity contribution in [1.82, 2.24) is 19.5 Å². The molecular formula is C45H28N4O. The van der Waals surface area contributed by atoms with Gasteiger partial charge in [0.2, 0.25) is 5.95 Å². The van der Waals surface area contributed by atoms with Gasteiger partial charge in [0, 0.05) is 32.7 Å². The zero-order valence-corrected chi connectivity index (χ0v) is 26.9. The topological polar surface area (TPSA) is 56.7 Å². The Hall–Kier alpha value is -6.85. The lowest BCUT2D eigenvalue weighted by Gasteiger charge is -2.11. The molecule has 10 aromatic rings. The summed E-state index contributed by atoms with van der Waals surface area (Å²) in [6.07, 6.45) is 0. The van der Waals surface area contributed by atoms with Crippen LogP contribution in [-0.2, 0) is 0 Å². The van der Waals surface area contributed by atoms with E-state index in [1.807, 2.05) is 48.5 Å². The van der Waals surface area contributed by atoms with Crippen molar-refractivity contribution in [2.45, 2.75) is 0 Å². The van der Waals surface area contributed by atoms with Crippen LogP contribution >= 0.6 is 0 Å². The van der Waals surface area contributed by atoms with Crippen LogP contribution in [0.15, 0.2) is 174 Å². The highest BCUT2D eigenvalue weighted by Gasteiger charge is 2.17. The van der Waals surface area contributed by atoms with E-state index in [1.54, 1.807) is 0 Å². The van der Waals surface area contributed by atoms with Crippen molar-refractivity contribution in [2.75, 3.05) is 0 Å². The summed E-state index contributed by atoms with van der Waals surface area (Å²) in [5.41, 5.74) is 10.3. The van der Waals surface area contributed by atoms with E-state index in [2.05, 4.69) is 126 Å². The number of hydrogen-bond acceptors (Lipinski definition) is 4. The van der Waals surface area contributed by atoms with E-state index in [1.165, 1.54) is 0 Å². The largest absolute Gasteiger partial charge is 0.456 e. The van der Waals surface area contributed by atoms with E-state index < -0.39 is 0 Å². The van der Waals surface area contributed by atoms with E-state index in [4.69, 9.17) is 19.4 Å². The molecule has 5 nitrogen and oxygen atoms in total. The lowest BCUT2D eigenvalue weighted by atomic mass is 9.97. The summed E-state index contributed by atoms with van der Waals surface area (Å²) in [5.74, 6) is 1.84. The molecule has 0 unspecified atom stereocenters. The Kier molecular flexibility index (Phi) is 6.42. The summed E-state index contributed by atoms with van der Waals surface area (Å²) < 4.78 is 8.32. The van der Waals surface area contributed by atoms with Crippen LogP contribution in [0.4, 0.5) is 0 Å². The van der Waals surface area contributed by atoms with Gasteiger partial charge in [-0.2, -0.15) is 9.97 Å². The van der Waals surface area contributed by atoms with Crippen LogP contribution in [0.1, 0.15) is 0 Å². The van der Waals surface area contributed by atoms with Crippen LogP contribution < -0.4 is 0 Å². The first-order chi connectivity index (χ1) is 24.8. The summed E-state index contributed by atoms with van der Waals surface area (Å²) in [6.45, 7) is 0. The van der Waals surface area contributed by atoms with Gasteiger partial charge in [-0.05, 0) is 58.7 Å². The van der Waals surface area contributed by atoms with Crippen molar-refractivity contribution < 1.29 is 4.42 Å². The third-order valence-electron chi connectivity index (χ3n) is 9.49.